The molecule has 2 heterocycles. The summed E-state index contributed by atoms with van der Waals surface area (Å²) in [5, 5.41) is 4.10. The number of furan rings is 1. The summed E-state index contributed by atoms with van der Waals surface area (Å²) < 4.78 is 11.3. The van der Waals surface area contributed by atoms with Gasteiger partial charge in [0.1, 0.15) is 18.1 Å². The maximum absolute atomic E-state index is 12.9. The molecular weight excluding hydrogens is 424 g/mol. The first-order chi connectivity index (χ1) is 16.8. The monoisotopic (exact) mass is 450 g/mol. The largest absolute Gasteiger partial charge is 0.489 e. The minimum absolute atomic E-state index is 0.0314. The van der Waals surface area contributed by atoms with E-state index >= 15 is 0 Å². The van der Waals surface area contributed by atoms with E-state index in [-0.39, 0.29) is 11.8 Å². The van der Waals surface area contributed by atoms with Crippen LogP contribution in [0.15, 0.2) is 108 Å². The van der Waals surface area contributed by atoms with E-state index in [0.29, 0.717) is 19.6 Å². The Balaban J connectivity index is 1.35. The SMILES string of the molecule is O=C(CC(c1ccc(OCc2ccccc2)cc1)c1c[nH]c2ccccc12)NCc1ccco1. The third-order valence-corrected chi connectivity index (χ3v) is 5.96. The summed E-state index contributed by atoms with van der Waals surface area (Å²) in [5.41, 5.74) is 4.34. The second-order valence-corrected chi connectivity index (χ2v) is 8.25. The molecule has 0 aliphatic rings. The van der Waals surface area contributed by atoms with Gasteiger partial charge in [0.25, 0.3) is 0 Å². The van der Waals surface area contributed by atoms with Crippen LogP contribution in [-0.4, -0.2) is 10.9 Å². The molecule has 5 rings (SSSR count). The molecule has 3 aromatic carbocycles. The molecule has 0 aliphatic carbocycles. The van der Waals surface area contributed by atoms with Crippen LogP contribution in [0.5, 0.6) is 5.75 Å². The van der Waals surface area contributed by atoms with Crippen molar-refractivity contribution in [1.82, 2.24) is 10.3 Å². The summed E-state index contributed by atoms with van der Waals surface area (Å²) in [6.07, 6.45) is 3.94. The lowest BCUT2D eigenvalue weighted by Crippen LogP contribution is -2.24. The van der Waals surface area contributed by atoms with Gasteiger partial charge in [-0.1, -0.05) is 60.7 Å². The average Bonchev–Trinajstić information content (AvgIpc) is 3.56. The number of amides is 1. The Hall–Kier alpha value is -4.25. The second-order valence-electron chi connectivity index (χ2n) is 8.25. The fourth-order valence-corrected chi connectivity index (χ4v) is 4.18. The topological polar surface area (TPSA) is 67.3 Å². The number of rotatable bonds is 9. The van der Waals surface area contributed by atoms with E-state index in [1.54, 1.807) is 6.26 Å². The highest BCUT2D eigenvalue weighted by molar-refractivity contribution is 5.86. The molecule has 0 bridgehead atoms. The molecule has 0 fully saturated rings. The number of ether oxygens (including phenoxy) is 1. The van der Waals surface area contributed by atoms with E-state index in [1.165, 1.54) is 0 Å². The van der Waals surface area contributed by atoms with Gasteiger partial charge in [0.15, 0.2) is 0 Å². The fraction of sp³-hybridized carbons (Fsp3) is 0.138. The molecule has 1 unspecified atom stereocenters. The Labute approximate surface area is 198 Å². The van der Waals surface area contributed by atoms with Crippen LogP contribution in [-0.2, 0) is 17.9 Å². The van der Waals surface area contributed by atoms with Crippen molar-refractivity contribution in [3.05, 3.63) is 126 Å². The number of carbonyl (C=O) groups excluding carboxylic acids is 1. The molecule has 5 aromatic rings. The summed E-state index contributed by atoms with van der Waals surface area (Å²) >= 11 is 0. The summed E-state index contributed by atoms with van der Waals surface area (Å²) in [4.78, 5) is 16.2. The Morgan fingerprint density at radius 1 is 0.912 bits per heavy atom. The van der Waals surface area contributed by atoms with Crippen molar-refractivity contribution < 1.29 is 13.9 Å². The molecule has 2 N–H and O–H groups in total. The average molecular weight is 451 g/mol. The molecule has 0 saturated heterocycles. The standard InChI is InChI=1S/C29H26N2O3/c32-29(31-18-24-9-6-16-33-24)17-26(27-19-30-28-11-5-4-10-25(27)28)22-12-14-23(15-13-22)34-20-21-7-2-1-3-8-21/h1-16,19,26,30H,17-18,20H2,(H,31,32). The normalized spacial score (nSPS) is 11.9. The maximum atomic E-state index is 12.9. The second kappa shape index (κ2) is 10.1. The number of aromatic nitrogens is 1. The van der Waals surface area contributed by atoms with Crippen LogP contribution in [0.2, 0.25) is 0 Å². The number of hydrogen-bond acceptors (Lipinski definition) is 3. The first-order valence-corrected chi connectivity index (χ1v) is 11.4. The van der Waals surface area contributed by atoms with E-state index in [0.717, 1.165) is 39.1 Å². The molecule has 5 heteroatoms. The molecule has 1 amide bonds. The zero-order chi connectivity index (χ0) is 23.2. The van der Waals surface area contributed by atoms with Crippen molar-refractivity contribution in [1.29, 1.82) is 0 Å². The number of H-pyrrole nitrogens is 1. The van der Waals surface area contributed by atoms with Crippen molar-refractivity contribution in [2.75, 3.05) is 0 Å². The lowest BCUT2D eigenvalue weighted by Gasteiger charge is -2.18. The van der Waals surface area contributed by atoms with Crippen molar-refractivity contribution in [2.24, 2.45) is 0 Å². The van der Waals surface area contributed by atoms with Crippen LogP contribution in [0.25, 0.3) is 10.9 Å². The molecule has 0 radical (unpaired) electrons. The quantitative estimate of drug-likeness (QED) is 0.282. The van der Waals surface area contributed by atoms with Crippen LogP contribution >= 0.6 is 0 Å². The van der Waals surface area contributed by atoms with E-state index in [1.807, 2.05) is 91.1 Å². The van der Waals surface area contributed by atoms with Crippen LogP contribution in [0, 0.1) is 0 Å². The third kappa shape index (κ3) is 5.04. The molecule has 5 nitrogen and oxygen atoms in total. The van der Waals surface area contributed by atoms with Crippen molar-refractivity contribution >= 4 is 16.8 Å². The van der Waals surface area contributed by atoms with Crippen LogP contribution in [0.3, 0.4) is 0 Å². The molecule has 170 valence electrons. The number of para-hydroxylation sites is 1. The van der Waals surface area contributed by atoms with Gasteiger partial charge in [-0.15, -0.1) is 0 Å². The minimum atomic E-state index is -0.101. The zero-order valence-electron chi connectivity index (χ0n) is 18.7. The smallest absolute Gasteiger partial charge is 0.221 e. The van der Waals surface area contributed by atoms with E-state index < -0.39 is 0 Å². The fourth-order valence-electron chi connectivity index (χ4n) is 4.18. The molecular formula is C29H26N2O3. The van der Waals surface area contributed by atoms with Crippen molar-refractivity contribution in [2.45, 2.75) is 25.5 Å². The Kier molecular flexibility index (Phi) is 6.43. The van der Waals surface area contributed by atoms with Gasteiger partial charge >= 0.3 is 0 Å². The minimum Gasteiger partial charge on any atom is -0.489 e. The molecule has 2 aromatic heterocycles. The number of benzene rings is 3. The van der Waals surface area contributed by atoms with Gasteiger partial charge in [0, 0.05) is 29.4 Å². The first kappa shape index (κ1) is 21.6. The van der Waals surface area contributed by atoms with Crippen LogP contribution < -0.4 is 10.1 Å². The number of aromatic amines is 1. The van der Waals surface area contributed by atoms with Gasteiger partial charge in [0.05, 0.1) is 12.8 Å². The first-order valence-electron chi connectivity index (χ1n) is 11.4. The van der Waals surface area contributed by atoms with Crippen molar-refractivity contribution in [3.63, 3.8) is 0 Å². The van der Waals surface area contributed by atoms with E-state index in [4.69, 9.17) is 9.15 Å². The van der Waals surface area contributed by atoms with Gasteiger partial charge in [0.2, 0.25) is 5.91 Å². The number of hydrogen-bond donors (Lipinski definition) is 2. The highest BCUT2D eigenvalue weighted by Gasteiger charge is 2.21. The Bertz CT molecular complexity index is 1340. The summed E-state index contributed by atoms with van der Waals surface area (Å²) in [5.74, 6) is 1.40. The lowest BCUT2D eigenvalue weighted by atomic mass is 9.88. The summed E-state index contributed by atoms with van der Waals surface area (Å²) in [6.45, 7) is 0.889. The van der Waals surface area contributed by atoms with Gasteiger partial charge in [-0.25, -0.2) is 0 Å². The summed E-state index contributed by atoms with van der Waals surface area (Å²) in [7, 11) is 0. The Morgan fingerprint density at radius 2 is 1.71 bits per heavy atom. The molecule has 0 aliphatic heterocycles. The Morgan fingerprint density at radius 3 is 2.50 bits per heavy atom. The summed E-state index contributed by atoms with van der Waals surface area (Å²) in [6, 6.07) is 30.0. The number of fused-ring (bicyclic) bond motifs is 1. The molecule has 0 saturated carbocycles. The molecule has 34 heavy (non-hydrogen) atoms. The van der Waals surface area contributed by atoms with Gasteiger partial charge in [-0.2, -0.15) is 0 Å². The van der Waals surface area contributed by atoms with E-state index in [2.05, 4.69) is 16.4 Å². The van der Waals surface area contributed by atoms with Gasteiger partial charge in [-0.3, -0.25) is 4.79 Å². The van der Waals surface area contributed by atoms with Crippen LogP contribution in [0.4, 0.5) is 0 Å². The van der Waals surface area contributed by atoms with Gasteiger partial charge < -0.3 is 19.5 Å². The van der Waals surface area contributed by atoms with Crippen LogP contribution in [0.1, 0.15) is 34.8 Å². The number of carbonyl (C=O) groups is 1. The number of nitrogens with one attached hydrogen (secondary N) is 2. The van der Waals surface area contributed by atoms with E-state index in [9.17, 15) is 4.79 Å². The highest BCUT2D eigenvalue weighted by Crippen LogP contribution is 2.34. The van der Waals surface area contributed by atoms with Gasteiger partial charge in [-0.05, 0) is 47.0 Å². The zero-order valence-corrected chi connectivity index (χ0v) is 18.7. The highest BCUT2D eigenvalue weighted by atomic mass is 16.5. The third-order valence-electron chi connectivity index (χ3n) is 5.96. The predicted octanol–water partition coefficient (Wildman–Crippen LogP) is 6.18. The molecule has 0 spiro atoms. The maximum Gasteiger partial charge on any atom is 0.221 e. The molecule has 1 atom stereocenters. The van der Waals surface area contributed by atoms with Crippen molar-refractivity contribution in [3.8, 4) is 5.75 Å². The lowest BCUT2D eigenvalue weighted by molar-refractivity contribution is -0.121. The predicted molar refractivity (Wildman–Crippen MR) is 133 cm³/mol.